The fourth-order valence-electron chi connectivity index (χ4n) is 1.34. The summed E-state index contributed by atoms with van der Waals surface area (Å²) in [6, 6.07) is 7.86. The lowest BCUT2D eigenvalue weighted by Gasteiger charge is -2.07. The third-order valence-corrected chi connectivity index (χ3v) is 2.16. The summed E-state index contributed by atoms with van der Waals surface area (Å²) in [4.78, 5) is 0. The quantitative estimate of drug-likeness (QED) is 0.714. The molecule has 3 heteroatoms. The third-order valence-electron chi connectivity index (χ3n) is 2.16. The normalized spacial score (nSPS) is 10.1. The van der Waals surface area contributed by atoms with Crippen LogP contribution in [0.5, 0.6) is 5.75 Å². The number of rotatable bonds is 7. The maximum absolute atomic E-state index is 5.53. The lowest BCUT2D eigenvalue weighted by molar-refractivity contribution is 0.141. The van der Waals surface area contributed by atoms with Gasteiger partial charge in [-0.05, 0) is 30.3 Å². The first-order chi connectivity index (χ1) is 7.76. The predicted molar refractivity (Wildman–Crippen MR) is 65.7 cm³/mol. The minimum absolute atomic E-state index is 0.590. The van der Waals surface area contributed by atoms with Crippen molar-refractivity contribution in [1.29, 1.82) is 0 Å². The molecule has 0 aromatic heterocycles. The van der Waals surface area contributed by atoms with Gasteiger partial charge in [-0.15, -0.1) is 0 Å². The van der Waals surface area contributed by atoms with Crippen molar-refractivity contribution in [2.75, 3.05) is 27.3 Å². The van der Waals surface area contributed by atoms with Crippen molar-refractivity contribution in [2.45, 2.75) is 6.61 Å². The molecule has 3 nitrogen and oxygen atoms in total. The lowest BCUT2D eigenvalue weighted by Crippen LogP contribution is -2.13. The fraction of sp³-hybridized carbons (Fsp3) is 0.385. The summed E-state index contributed by atoms with van der Waals surface area (Å²) in [7, 11) is 3.56. The molecule has 1 N–H and O–H groups in total. The van der Waals surface area contributed by atoms with E-state index in [1.165, 1.54) is 0 Å². The highest BCUT2D eigenvalue weighted by Crippen LogP contribution is 2.12. The zero-order valence-corrected chi connectivity index (χ0v) is 9.95. The van der Waals surface area contributed by atoms with Gasteiger partial charge in [-0.3, -0.25) is 0 Å². The van der Waals surface area contributed by atoms with E-state index in [0.29, 0.717) is 13.2 Å². The second-order valence-corrected chi connectivity index (χ2v) is 3.62. The van der Waals surface area contributed by atoms with E-state index in [0.717, 1.165) is 23.4 Å². The Labute approximate surface area is 97.1 Å². The van der Waals surface area contributed by atoms with Crippen LogP contribution in [-0.4, -0.2) is 27.3 Å². The first kappa shape index (κ1) is 12.7. The van der Waals surface area contributed by atoms with Gasteiger partial charge in [-0.2, -0.15) is 0 Å². The Hall–Kier alpha value is -1.32. The van der Waals surface area contributed by atoms with Crippen LogP contribution in [0.2, 0.25) is 0 Å². The molecule has 0 atom stereocenters. The Kier molecular flexibility index (Phi) is 5.61. The maximum Gasteiger partial charge on any atom is 0.118 e. The Morgan fingerprint density at radius 3 is 2.56 bits per heavy atom. The minimum atomic E-state index is 0.590. The van der Waals surface area contributed by atoms with Crippen molar-refractivity contribution in [3.8, 4) is 5.75 Å². The molecule has 88 valence electrons. The summed E-state index contributed by atoms with van der Waals surface area (Å²) >= 11 is 0. The highest BCUT2D eigenvalue weighted by molar-refractivity contribution is 5.26. The molecule has 1 aromatic rings. The highest BCUT2D eigenvalue weighted by atomic mass is 16.5. The van der Waals surface area contributed by atoms with Gasteiger partial charge in [0.1, 0.15) is 5.75 Å². The van der Waals surface area contributed by atoms with Crippen molar-refractivity contribution in [2.24, 2.45) is 0 Å². The van der Waals surface area contributed by atoms with Gasteiger partial charge in [-0.25, -0.2) is 0 Å². The molecule has 16 heavy (non-hydrogen) atoms. The topological polar surface area (TPSA) is 30.5 Å². The number of hydrogen-bond donors (Lipinski definition) is 1. The summed E-state index contributed by atoms with van der Waals surface area (Å²) in [5.74, 6) is 0.864. The average Bonchev–Trinajstić information content (AvgIpc) is 2.30. The highest BCUT2D eigenvalue weighted by Gasteiger charge is 1.96. The Bertz CT molecular complexity index is 319. The van der Waals surface area contributed by atoms with Crippen LogP contribution in [0.3, 0.4) is 0 Å². The third kappa shape index (κ3) is 4.47. The van der Waals surface area contributed by atoms with Gasteiger partial charge in [0.05, 0.1) is 20.3 Å². The first-order valence-corrected chi connectivity index (χ1v) is 5.28. The molecule has 1 aromatic carbocycles. The van der Waals surface area contributed by atoms with E-state index in [4.69, 9.17) is 9.47 Å². The molecule has 0 unspecified atom stereocenters. The molecule has 0 amide bonds. The molecule has 0 saturated carbocycles. The van der Waals surface area contributed by atoms with E-state index in [1.54, 1.807) is 7.11 Å². The van der Waals surface area contributed by atoms with Crippen LogP contribution in [0.4, 0.5) is 0 Å². The van der Waals surface area contributed by atoms with E-state index < -0.39 is 0 Å². The minimum Gasteiger partial charge on any atom is -0.497 e. The van der Waals surface area contributed by atoms with Gasteiger partial charge in [0.25, 0.3) is 0 Å². The molecular weight excluding hydrogens is 202 g/mol. The zero-order chi connectivity index (χ0) is 11.8. The van der Waals surface area contributed by atoms with Crippen molar-refractivity contribution >= 4 is 0 Å². The Morgan fingerprint density at radius 1 is 1.31 bits per heavy atom. The molecule has 0 saturated heterocycles. The molecule has 0 aliphatic carbocycles. The smallest absolute Gasteiger partial charge is 0.118 e. The fourth-order valence-corrected chi connectivity index (χ4v) is 1.34. The number of methoxy groups -OCH3 is 1. The van der Waals surface area contributed by atoms with Crippen LogP contribution in [-0.2, 0) is 11.3 Å². The predicted octanol–water partition coefficient (Wildman–Crippen LogP) is 1.99. The summed E-state index contributed by atoms with van der Waals surface area (Å²) < 4.78 is 10.6. The van der Waals surface area contributed by atoms with Crippen LogP contribution in [0.1, 0.15) is 5.56 Å². The number of benzene rings is 1. The van der Waals surface area contributed by atoms with Crippen molar-refractivity contribution in [1.82, 2.24) is 5.32 Å². The van der Waals surface area contributed by atoms with Crippen LogP contribution < -0.4 is 10.1 Å². The van der Waals surface area contributed by atoms with Crippen molar-refractivity contribution in [3.63, 3.8) is 0 Å². The monoisotopic (exact) mass is 221 g/mol. The molecule has 1 rings (SSSR count). The van der Waals surface area contributed by atoms with E-state index >= 15 is 0 Å². The second kappa shape index (κ2) is 7.04. The molecule has 0 aliphatic heterocycles. The maximum atomic E-state index is 5.53. The number of nitrogens with one attached hydrogen (secondary N) is 1. The van der Waals surface area contributed by atoms with Crippen LogP contribution in [0.25, 0.3) is 0 Å². The average molecular weight is 221 g/mol. The summed E-state index contributed by atoms with van der Waals surface area (Å²) in [5, 5.41) is 3.04. The van der Waals surface area contributed by atoms with Gasteiger partial charge >= 0.3 is 0 Å². The summed E-state index contributed by atoms with van der Waals surface area (Å²) in [5.41, 5.74) is 2.19. The van der Waals surface area contributed by atoms with E-state index in [1.807, 2.05) is 31.3 Å². The number of ether oxygens (including phenoxy) is 2. The van der Waals surface area contributed by atoms with Gasteiger partial charge in [0, 0.05) is 6.54 Å². The molecule has 0 radical (unpaired) electrons. The standard InChI is InChI=1S/C13H19NO2/c1-11(8-14-2)9-16-10-12-4-6-13(15-3)7-5-12/h4-7,14H,1,8-10H2,2-3H3. The largest absolute Gasteiger partial charge is 0.497 e. The van der Waals surface area contributed by atoms with Gasteiger partial charge < -0.3 is 14.8 Å². The molecule has 0 bridgehead atoms. The van der Waals surface area contributed by atoms with Crippen LogP contribution >= 0.6 is 0 Å². The lowest BCUT2D eigenvalue weighted by atomic mass is 10.2. The molecule has 0 heterocycles. The SMILES string of the molecule is C=C(CNC)COCc1ccc(OC)cc1. The van der Waals surface area contributed by atoms with Gasteiger partial charge in [-0.1, -0.05) is 18.7 Å². The zero-order valence-electron chi connectivity index (χ0n) is 9.95. The molecule has 0 aliphatic rings. The van der Waals surface area contributed by atoms with Gasteiger partial charge in [0.15, 0.2) is 0 Å². The Balaban J connectivity index is 2.29. The molecule has 0 spiro atoms. The summed E-state index contributed by atoms with van der Waals surface area (Å²) in [6.45, 7) is 5.88. The van der Waals surface area contributed by atoms with E-state index in [2.05, 4.69) is 11.9 Å². The Morgan fingerprint density at radius 2 is 2.00 bits per heavy atom. The van der Waals surface area contributed by atoms with E-state index in [9.17, 15) is 0 Å². The molecular formula is C13H19NO2. The van der Waals surface area contributed by atoms with Crippen molar-refractivity contribution < 1.29 is 9.47 Å². The van der Waals surface area contributed by atoms with Gasteiger partial charge in [0.2, 0.25) is 0 Å². The summed E-state index contributed by atoms with van der Waals surface area (Å²) in [6.07, 6.45) is 0. The van der Waals surface area contributed by atoms with Crippen LogP contribution in [0, 0.1) is 0 Å². The van der Waals surface area contributed by atoms with Crippen LogP contribution in [0.15, 0.2) is 36.4 Å². The number of hydrogen-bond acceptors (Lipinski definition) is 3. The molecule has 0 fully saturated rings. The van der Waals surface area contributed by atoms with Crippen molar-refractivity contribution in [3.05, 3.63) is 42.0 Å². The second-order valence-electron chi connectivity index (χ2n) is 3.62. The first-order valence-electron chi connectivity index (χ1n) is 5.28. The van der Waals surface area contributed by atoms with E-state index in [-0.39, 0.29) is 0 Å². The number of likely N-dealkylation sites (N-methyl/N-ethyl adjacent to an activating group) is 1.